The van der Waals surface area contributed by atoms with Crippen LogP contribution in [0.15, 0.2) is 64.0 Å². The minimum Gasteiger partial charge on any atom is -0.459 e. The Hall–Kier alpha value is -4.86. The van der Waals surface area contributed by atoms with Gasteiger partial charge in [0.2, 0.25) is 5.91 Å². The third kappa shape index (κ3) is 4.00. The predicted molar refractivity (Wildman–Crippen MR) is 143 cm³/mol. The Bertz CT molecular complexity index is 1760. The number of fused-ring (bicyclic) bond motifs is 4. The van der Waals surface area contributed by atoms with Gasteiger partial charge in [0, 0.05) is 47.9 Å². The summed E-state index contributed by atoms with van der Waals surface area (Å²) < 4.78 is 5.65. The van der Waals surface area contributed by atoms with Crippen LogP contribution < -0.4 is 16.2 Å². The van der Waals surface area contributed by atoms with Gasteiger partial charge in [-0.05, 0) is 42.8 Å². The lowest BCUT2D eigenvalue weighted by Gasteiger charge is -2.34. The second kappa shape index (κ2) is 9.22. The van der Waals surface area contributed by atoms with Crippen molar-refractivity contribution >= 4 is 39.4 Å². The van der Waals surface area contributed by atoms with E-state index in [1.807, 2.05) is 36.4 Å². The largest absolute Gasteiger partial charge is 0.459 e. The van der Waals surface area contributed by atoms with E-state index >= 15 is 0 Å². The van der Waals surface area contributed by atoms with Gasteiger partial charge < -0.3 is 29.9 Å². The van der Waals surface area contributed by atoms with Gasteiger partial charge in [0.25, 0.3) is 11.5 Å². The number of para-hydroxylation sites is 1. The van der Waals surface area contributed by atoms with E-state index in [0.29, 0.717) is 35.3 Å². The quantitative estimate of drug-likeness (QED) is 0.287. The van der Waals surface area contributed by atoms with Crippen LogP contribution in [-0.2, 0) is 24.3 Å². The van der Waals surface area contributed by atoms with Gasteiger partial charge in [-0.1, -0.05) is 18.2 Å². The Morgan fingerprint density at radius 2 is 1.97 bits per heavy atom. The number of nitrogens with one attached hydrogen (secondary N) is 4. The lowest BCUT2D eigenvalue weighted by molar-refractivity contribution is -0.125. The van der Waals surface area contributed by atoms with Crippen LogP contribution in [0.2, 0.25) is 0 Å². The fourth-order valence-electron chi connectivity index (χ4n) is 5.10. The van der Waals surface area contributed by atoms with Crippen LogP contribution in [-0.4, -0.2) is 44.8 Å². The Morgan fingerprint density at radius 3 is 2.82 bits per heavy atom. The zero-order valence-electron chi connectivity index (χ0n) is 20.9. The maximum atomic E-state index is 13.8. The molecule has 6 rings (SSSR count). The molecule has 5 aromatic rings. The summed E-state index contributed by atoms with van der Waals surface area (Å²) in [6.45, 7) is 2.25. The average Bonchev–Trinajstić information content (AvgIpc) is 3.55. The van der Waals surface area contributed by atoms with E-state index in [-0.39, 0.29) is 29.7 Å². The minimum atomic E-state index is -0.665. The van der Waals surface area contributed by atoms with Crippen molar-refractivity contribution in [3.8, 4) is 0 Å². The molecular formula is C28H26N6O4. The second-order valence-electron chi connectivity index (χ2n) is 9.41. The van der Waals surface area contributed by atoms with Gasteiger partial charge in [0.15, 0.2) is 5.76 Å². The van der Waals surface area contributed by atoms with Crippen molar-refractivity contribution in [3.63, 3.8) is 0 Å². The lowest BCUT2D eigenvalue weighted by Crippen LogP contribution is -2.52. The highest BCUT2D eigenvalue weighted by Crippen LogP contribution is 2.32. The van der Waals surface area contributed by atoms with Crippen LogP contribution in [0.1, 0.15) is 33.1 Å². The van der Waals surface area contributed by atoms with E-state index in [0.717, 1.165) is 27.8 Å². The van der Waals surface area contributed by atoms with E-state index in [1.165, 1.54) is 6.26 Å². The van der Waals surface area contributed by atoms with Gasteiger partial charge in [-0.2, -0.15) is 0 Å². The van der Waals surface area contributed by atoms with Crippen LogP contribution in [0.5, 0.6) is 0 Å². The number of hydrogen-bond acceptors (Lipinski definition) is 6. The maximum absolute atomic E-state index is 13.8. The van der Waals surface area contributed by atoms with Gasteiger partial charge in [0.05, 0.1) is 23.8 Å². The predicted octanol–water partition coefficient (Wildman–Crippen LogP) is 3.23. The molecule has 10 heteroatoms. The number of hydrogen-bond donors (Lipinski definition) is 4. The zero-order valence-corrected chi connectivity index (χ0v) is 20.9. The first-order chi connectivity index (χ1) is 18.4. The normalized spacial score (nSPS) is 15.0. The molecule has 1 aliphatic heterocycles. The number of furan rings is 1. The number of likely N-dealkylation sites (N-methyl/N-ethyl adjacent to an activating group) is 1. The third-order valence-corrected chi connectivity index (χ3v) is 7.10. The molecule has 0 saturated carbocycles. The van der Waals surface area contributed by atoms with Crippen LogP contribution in [0, 0.1) is 6.92 Å². The summed E-state index contributed by atoms with van der Waals surface area (Å²) in [5.74, 6) is -0.388. The minimum absolute atomic E-state index is 0.185. The van der Waals surface area contributed by atoms with Gasteiger partial charge in [-0.25, -0.2) is 4.98 Å². The topological polar surface area (TPSA) is 136 Å². The van der Waals surface area contributed by atoms with E-state index in [4.69, 9.17) is 4.42 Å². The standard InChI is InChI=1S/C28H26N6O4/c1-15-26(35)33-21-8-7-17(11-22(21)31-15)30-13-16-9-10-38-25(16)28(37)34-14-23-19(12-24(34)27(36)29-2)18-5-3-4-6-20(18)32-23/h3-11,24,30,32H,12-14H2,1-2H3,(H,29,36)(H,33,35)/t24-/m1/s1. The molecule has 0 spiro atoms. The number of benzene rings is 2. The van der Waals surface area contributed by atoms with Crippen LogP contribution in [0.4, 0.5) is 5.69 Å². The Labute approximate surface area is 217 Å². The summed E-state index contributed by atoms with van der Waals surface area (Å²) in [6, 6.07) is 14.5. The average molecular weight is 511 g/mol. The van der Waals surface area contributed by atoms with Crippen LogP contribution >= 0.6 is 0 Å². The molecule has 0 bridgehead atoms. The number of anilines is 1. The van der Waals surface area contributed by atoms with Crippen molar-refractivity contribution in [1.29, 1.82) is 0 Å². The SMILES string of the molecule is CNC(=O)[C@H]1Cc2c([nH]c3ccccc23)CN1C(=O)c1occc1CNc1ccc2[nH]c(=O)c(C)nc2c1. The number of carbonyl (C=O) groups is 2. The Kier molecular flexibility index (Phi) is 5.71. The van der Waals surface area contributed by atoms with E-state index in [1.54, 1.807) is 31.0 Å². The summed E-state index contributed by atoms with van der Waals surface area (Å²) in [4.78, 5) is 50.6. The van der Waals surface area contributed by atoms with Crippen LogP contribution in [0.25, 0.3) is 21.9 Å². The molecule has 0 saturated heterocycles. The fourth-order valence-corrected chi connectivity index (χ4v) is 5.10. The summed E-state index contributed by atoms with van der Waals surface area (Å²) in [7, 11) is 1.58. The maximum Gasteiger partial charge on any atom is 0.290 e. The van der Waals surface area contributed by atoms with Crippen molar-refractivity contribution < 1.29 is 14.0 Å². The van der Waals surface area contributed by atoms with E-state index in [2.05, 4.69) is 25.6 Å². The number of amides is 2. The number of rotatable bonds is 5. The number of H-pyrrole nitrogens is 2. The van der Waals surface area contributed by atoms with Gasteiger partial charge in [-0.15, -0.1) is 0 Å². The first-order valence-electron chi connectivity index (χ1n) is 12.3. The summed E-state index contributed by atoms with van der Waals surface area (Å²) in [5.41, 5.74) is 5.88. The first kappa shape index (κ1) is 23.5. The third-order valence-electron chi connectivity index (χ3n) is 7.10. The number of aromatic amines is 2. The molecule has 4 heterocycles. The molecule has 2 aromatic carbocycles. The molecule has 0 aliphatic carbocycles. The molecule has 10 nitrogen and oxygen atoms in total. The Morgan fingerprint density at radius 1 is 1.13 bits per heavy atom. The monoisotopic (exact) mass is 510 g/mol. The molecule has 4 N–H and O–H groups in total. The highest BCUT2D eigenvalue weighted by molar-refractivity contribution is 5.98. The highest BCUT2D eigenvalue weighted by Gasteiger charge is 2.38. The van der Waals surface area contributed by atoms with Crippen molar-refractivity contribution in [1.82, 2.24) is 25.2 Å². The molecule has 0 unspecified atom stereocenters. The van der Waals surface area contributed by atoms with E-state index < -0.39 is 6.04 Å². The molecule has 3 aromatic heterocycles. The van der Waals surface area contributed by atoms with Gasteiger partial charge in [0.1, 0.15) is 11.7 Å². The summed E-state index contributed by atoms with van der Waals surface area (Å²) in [5, 5.41) is 7.07. The van der Waals surface area contributed by atoms with Crippen LogP contribution in [0.3, 0.4) is 0 Å². The lowest BCUT2D eigenvalue weighted by atomic mass is 9.95. The van der Waals surface area contributed by atoms with Gasteiger partial charge in [-0.3, -0.25) is 14.4 Å². The number of aryl methyl sites for hydroxylation is 1. The zero-order chi connectivity index (χ0) is 26.4. The summed E-state index contributed by atoms with van der Waals surface area (Å²) in [6.07, 6.45) is 1.89. The number of carbonyl (C=O) groups excluding carboxylic acids is 2. The molecule has 1 aliphatic rings. The number of nitrogens with zero attached hydrogens (tertiary/aromatic N) is 2. The molecule has 1 atom stereocenters. The van der Waals surface area contributed by atoms with E-state index in [9.17, 15) is 14.4 Å². The first-order valence-corrected chi connectivity index (χ1v) is 12.3. The number of aromatic nitrogens is 3. The molecule has 38 heavy (non-hydrogen) atoms. The fraction of sp³-hybridized carbons (Fsp3) is 0.214. The van der Waals surface area contributed by atoms with Crippen molar-refractivity contribution in [2.24, 2.45) is 0 Å². The molecule has 0 radical (unpaired) electrons. The highest BCUT2D eigenvalue weighted by atomic mass is 16.3. The molecular weight excluding hydrogens is 484 g/mol. The molecule has 192 valence electrons. The molecule has 2 amide bonds. The summed E-state index contributed by atoms with van der Waals surface area (Å²) >= 11 is 0. The molecule has 0 fully saturated rings. The second-order valence-corrected chi connectivity index (χ2v) is 9.41. The van der Waals surface area contributed by atoms with Crippen molar-refractivity contribution in [2.45, 2.75) is 32.5 Å². The van der Waals surface area contributed by atoms with Gasteiger partial charge >= 0.3 is 0 Å². The Balaban J connectivity index is 1.26. The van der Waals surface area contributed by atoms with Crippen molar-refractivity contribution in [2.75, 3.05) is 12.4 Å². The van der Waals surface area contributed by atoms with Crippen molar-refractivity contribution in [3.05, 3.63) is 93.4 Å². The smallest absolute Gasteiger partial charge is 0.290 e.